The second kappa shape index (κ2) is 9.50. The smallest absolute Gasteiger partial charge is 0.410 e. The largest absolute Gasteiger partial charge is 0.444 e. The van der Waals surface area contributed by atoms with E-state index in [9.17, 15) is 14.4 Å². The van der Waals surface area contributed by atoms with E-state index in [1.54, 1.807) is 19.0 Å². The molecule has 1 aliphatic heterocycles. The SMILES string of the molecule is CN=C(NCCN1C(=O)C2C3C=CC(C3)C2C1=O)NCC(C)CN(C)C(=O)OC(C)(C)C. The highest BCUT2D eigenvalue weighted by molar-refractivity contribution is 6.06. The van der Waals surface area contributed by atoms with E-state index in [-0.39, 0.29) is 47.5 Å². The molecule has 5 unspecified atom stereocenters. The van der Waals surface area contributed by atoms with Crippen LogP contribution in [0.25, 0.3) is 0 Å². The number of amides is 3. The summed E-state index contributed by atoms with van der Waals surface area (Å²) in [6, 6.07) is 0. The van der Waals surface area contributed by atoms with Crippen molar-refractivity contribution < 1.29 is 19.1 Å². The average molecular weight is 448 g/mol. The lowest BCUT2D eigenvalue weighted by molar-refractivity contribution is -0.140. The van der Waals surface area contributed by atoms with Gasteiger partial charge in [0.1, 0.15) is 5.60 Å². The van der Waals surface area contributed by atoms with Crippen LogP contribution in [0.1, 0.15) is 34.1 Å². The van der Waals surface area contributed by atoms with Crippen molar-refractivity contribution in [3.8, 4) is 0 Å². The van der Waals surface area contributed by atoms with Crippen LogP contribution in [-0.4, -0.2) is 79.5 Å². The third-order valence-electron chi connectivity index (χ3n) is 6.32. The first-order valence-electron chi connectivity index (χ1n) is 11.4. The fourth-order valence-corrected chi connectivity index (χ4v) is 4.91. The number of imide groups is 1. The molecule has 2 fully saturated rings. The van der Waals surface area contributed by atoms with Crippen molar-refractivity contribution in [3.63, 3.8) is 0 Å². The van der Waals surface area contributed by atoms with Gasteiger partial charge < -0.3 is 20.3 Å². The zero-order chi connectivity index (χ0) is 23.6. The lowest BCUT2D eigenvalue weighted by Crippen LogP contribution is -2.45. The minimum atomic E-state index is -0.522. The molecule has 2 aliphatic carbocycles. The number of hydrogen-bond donors (Lipinski definition) is 2. The molecule has 0 radical (unpaired) electrons. The summed E-state index contributed by atoms with van der Waals surface area (Å²) in [5.74, 6) is 0.854. The van der Waals surface area contributed by atoms with Gasteiger partial charge >= 0.3 is 6.09 Å². The summed E-state index contributed by atoms with van der Waals surface area (Å²) < 4.78 is 5.38. The van der Waals surface area contributed by atoms with Gasteiger partial charge in [0.15, 0.2) is 5.96 Å². The summed E-state index contributed by atoms with van der Waals surface area (Å²) in [5.41, 5.74) is -0.522. The summed E-state index contributed by atoms with van der Waals surface area (Å²) in [7, 11) is 3.39. The number of ether oxygens (including phenoxy) is 1. The summed E-state index contributed by atoms with van der Waals surface area (Å²) in [5, 5.41) is 6.41. The van der Waals surface area contributed by atoms with Crippen LogP contribution >= 0.6 is 0 Å². The molecule has 5 atom stereocenters. The Morgan fingerprint density at radius 2 is 1.81 bits per heavy atom. The minimum Gasteiger partial charge on any atom is -0.444 e. The van der Waals surface area contributed by atoms with Gasteiger partial charge in [-0.25, -0.2) is 4.79 Å². The van der Waals surface area contributed by atoms with E-state index in [1.807, 2.05) is 27.7 Å². The number of nitrogens with zero attached hydrogens (tertiary/aromatic N) is 3. The molecule has 2 N–H and O–H groups in total. The number of carbonyl (C=O) groups excluding carboxylic acids is 3. The monoisotopic (exact) mass is 447 g/mol. The second-order valence-corrected chi connectivity index (χ2v) is 10.2. The van der Waals surface area contributed by atoms with Gasteiger partial charge in [-0.05, 0) is 44.9 Å². The number of carbonyl (C=O) groups is 3. The van der Waals surface area contributed by atoms with Gasteiger partial charge in [-0.3, -0.25) is 19.5 Å². The molecule has 1 saturated heterocycles. The first kappa shape index (κ1) is 24.1. The number of guanidine groups is 1. The zero-order valence-corrected chi connectivity index (χ0v) is 20.1. The Kier molecular flexibility index (Phi) is 7.15. The molecule has 2 bridgehead atoms. The first-order valence-corrected chi connectivity index (χ1v) is 11.4. The van der Waals surface area contributed by atoms with Crippen molar-refractivity contribution in [2.24, 2.45) is 34.6 Å². The van der Waals surface area contributed by atoms with Crippen molar-refractivity contribution >= 4 is 23.9 Å². The van der Waals surface area contributed by atoms with Crippen molar-refractivity contribution in [3.05, 3.63) is 12.2 Å². The van der Waals surface area contributed by atoms with Crippen LogP contribution in [0.15, 0.2) is 17.1 Å². The molecule has 32 heavy (non-hydrogen) atoms. The van der Waals surface area contributed by atoms with Crippen molar-refractivity contribution in [2.75, 3.05) is 40.3 Å². The highest BCUT2D eigenvalue weighted by Crippen LogP contribution is 2.52. The van der Waals surface area contributed by atoms with Crippen LogP contribution in [0.2, 0.25) is 0 Å². The van der Waals surface area contributed by atoms with Crippen LogP contribution in [0.3, 0.4) is 0 Å². The predicted octanol–water partition coefficient (Wildman–Crippen LogP) is 1.46. The molecule has 1 saturated carbocycles. The number of rotatable bonds is 7. The fourth-order valence-electron chi connectivity index (χ4n) is 4.91. The molecular formula is C23H37N5O4. The van der Waals surface area contributed by atoms with E-state index in [2.05, 4.69) is 27.8 Å². The third kappa shape index (κ3) is 5.24. The molecule has 9 nitrogen and oxygen atoms in total. The summed E-state index contributed by atoms with van der Waals surface area (Å²) in [6.45, 7) is 9.47. The first-order chi connectivity index (χ1) is 15.0. The molecule has 178 valence electrons. The molecule has 0 aromatic heterocycles. The number of allylic oxidation sites excluding steroid dienone is 2. The van der Waals surface area contributed by atoms with Gasteiger partial charge in [0.2, 0.25) is 11.8 Å². The maximum atomic E-state index is 12.7. The highest BCUT2D eigenvalue weighted by atomic mass is 16.6. The number of nitrogens with one attached hydrogen (secondary N) is 2. The number of aliphatic imine (C=N–C) groups is 1. The van der Waals surface area contributed by atoms with E-state index >= 15 is 0 Å². The Hall–Kier alpha value is -2.58. The normalized spacial score (nSPS) is 27.6. The third-order valence-corrected chi connectivity index (χ3v) is 6.32. The van der Waals surface area contributed by atoms with Crippen LogP contribution < -0.4 is 10.6 Å². The molecule has 0 aromatic carbocycles. The van der Waals surface area contributed by atoms with Gasteiger partial charge in [0.05, 0.1) is 11.8 Å². The molecule has 1 heterocycles. The van der Waals surface area contributed by atoms with Gasteiger partial charge in [-0.1, -0.05) is 19.1 Å². The summed E-state index contributed by atoms with van der Waals surface area (Å²) >= 11 is 0. The second-order valence-electron chi connectivity index (χ2n) is 10.2. The molecular weight excluding hydrogens is 410 g/mol. The van der Waals surface area contributed by atoms with Gasteiger partial charge in [-0.2, -0.15) is 0 Å². The van der Waals surface area contributed by atoms with Crippen molar-refractivity contribution in [1.29, 1.82) is 0 Å². The van der Waals surface area contributed by atoms with Crippen LogP contribution in [0.4, 0.5) is 4.79 Å². The van der Waals surface area contributed by atoms with E-state index in [4.69, 9.17) is 4.74 Å². The molecule has 3 rings (SSSR count). The van der Waals surface area contributed by atoms with Crippen LogP contribution in [-0.2, 0) is 14.3 Å². The quantitative estimate of drug-likeness (QED) is 0.265. The van der Waals surface area contributed by atoms with Gasteiger partial charge in [-0.15, -0.1) is 0 Å². The lowest BCUT2D eigenvalue weighted by Gasteiger charge is -2.26. The maximum Gasteiger partial charge on any atom is 0.410 e. The number of hydrogen-bond acceptors (Lipinski definition) is 5. The molecule has 3 aliphatic rings. The zero-order valence-electron chi connectivity index (χ0n) is 20.1. The molecule has 0 spiro atoms. The van der Waals surface area contributed by atoms with Crippen molar-refractivity contribution in [1.82, 2.24) is 20.4 Å². The predicted molar refractivity (Wildman–Crippen MR) is 122 cm³/mol. The Morgan fingerprint density at radius 1 is 1.22 bits per heavy atom. The summed E-state index contributed by atoms with van der Waals surface area (Å²) in [4.78, 5) is 44.8. The fraction of sp³-hybridized carbons (Fsp3) is 0.739. The van der Waals surface area contributed by atoms with Gasteiger partial charge in [0, 0.05) is 40.3 Å². The van der Waals surface area contributed by atoms with Crippen molar-refractivity contribution in [2.45, 2.75) is 39.7 Å². The van der Waals surface area contributed by atoms with E-state index in [0.717, 1.165) is 6.42 Å². The highest BCUT2D eigenvalue weighted by Gasteiger charge is 2.58. The van der Waals surface area contributed by atoms with E-state index < -0.39 is 5.60 Å². The average Bonchev–Trinajstić information content (AvgIpc) is 3.38. The Balaban J connectivity index is 1.39. The van der Waals surface area contributed by atoms with Crippen LogP contribution in [0, 0.1) is 29.6 Å². The Labute approximate surface area is 190 Å². The minimum absolute atomic E-state index is 0.0274. The number of likely N-dealkylation sites (tertiary alicyclic amines) is 1. The Bertz CT molecular complexity index is 773. The topological polar surface area (TPSA) is 103 Å². The Morgan fingerprint density at radius 3 is 2.34 bits per heavy atom. The maximum absolute atomic E-state index is 12.7. The van der Waals surface area contributed by atoms with Gasteiger partial charge in [0.25, 0.3) is 0 Å². The molecule has 9 heteroatoms. The molecule has 0 aromatic rings. The lowest BCUT2D eigenvalue weighted by atomic mass is 9.85. The van der Waals surface area contributed by atoms with E-state index in [1.165, 1.54) is 4.90 Å². The van der Waals surface area contributed by atoms with Crippen LogP contribution in [0.5, 0.6) is 0 Å². The van der Waals surface area contributed by atoms with E-state index in [0.29, 0.717) is 32.1 Å². The summed E-state index contributed by atoms with van der Waals surface area (Å²) in [6.07, 6.45) is 4.80. The number of fused-ring (bicyclic) bond motifs is 5. The standard InChI is InChI=1S/C23H37N5O4/c1-14(13-27(6)22(31)32-23(2,3)4)12-26-21(24-5)25-9-10-28-19(29)17-15-7-8-16(11-15)18(17)20(28)30/h7-8,14-18H,9-13H2,1-6H3,(H2,24,25,26). The molecule has 3 amide bonds.